The maximum Gasteiger partial charge on any atom is 0.223 e. The van der Waals surface area contributed by atoms with E-state index >= 15 is 0 Å². The van der Waals surface area contributed by atoms with Crippen LogP contribution in [-0.2, 0) is 4.79 Å². The van der Waals surface area contributed by atoms with Crippen molar-refractivity contribution in [1.82, 2.24) is 10.2 Å². The minimum absolute atomic E-state index is 0.131. The molecule has 1 amide bonds. The Bertz CT molecular complexity index is 539. The molecule has 0 radical (unpaired) electrons. The topological polar surface area (TPSA) is 54.9 Å². The largest absolute Gasteiger partial charge is 0.301 e. The number of rotatable bonds is 4. The highest BCUT2D eigenvalue weighted by molar-refractivity contribution is 8.77. The van der Waals surface area contributed by atoms with Gasteiger partial charge in [0, 0.05) is 11.8 Å². The monoisotopic (exact) mass is 297 g/mol. The summed E-state index contributed by atoms with van der Waals surface area (Å²) in [4.78, 5) is 12.0. The van der Waals surface area contributed by atoms with Crippen LogP contribution in [-0.4, -0.2) is 16.1 Å². The van der Waals surface area contributed by atoms with Gasteiger partial charge in [-0.1, -0.05) is 39.8 Å². The van der Waals surface area contributed by atoms with Crippen LogP contribution in [0.15, 0.2) is 33.5 Å². The predicted molar refractivity (Wildman–Crippen MR) is 77.1 cm³/mol. The van der Waals surface area contributed by atoms with Gasteiger partial charge in [0.25, 0.3) is 0 Å². The summed E-state index contributed by atoms with van der Waals surface area (Å²) < 4.78 is 0.823. The number of carbonyl (C=O) groups is 1. The van der Waals surface area contributed by atoms with Crippen LogP contribution >= 0.6 is 32.9 Å². The molecule has 0 fully saturated rings. The second-order valence-corrected chi connectivity index (χ2v) is 6.96. The van der Waals surface area contributed by atoms with Crippen LogP contribution in [0.5, 0.6) is 0 Å². The molecule has 0 bridgehead atoms. The third-order valence-corrected chi connectivity index (χ3v) is 5.44. The molecule has 0 spiro atoms. The Labute approximate surface area is 117 Å². The fraction of sp³-hybridized carbons (Fsp3) is 0.182. The molecule has 7 heteroatoms. The van der Waals surface area contributed by atoms with Gasteiger partial charge in [-0.05, 0) is 29.9 Å². The first kappa shape index (κ1) is 13.4. The zero-order chi connectivity index (χ0) is 13.0. The standard InChI is InChI=1S/C11H11N3OS3/c1-7-3-5-9(6-4-7)17-18-11-14-13-10(16-11)12-8(2)15/h3-6H,1-2H3,(H,12,13,15). The number of nitrogens with zero attached hydrogens (tertiary/aromatic N) is 2. The van der Waals surface area contributed by atoms with Gasteiger partial charge in [-0.15, -0.1) is 10.2 Å². The molecule has 18 heavy (non-hydrogen) atoms. The number of hydrogen-bond acceptors (Lipinski definition) is 6. The minimum atomic E-state index is -0.131. The summed E-state index contributed by atoms with van der Waals surface area (Å²) in [5, 5.41) is 11.0. The summed E-state index contributed by atoms with van der Waals surface area (Å²) in [5.74, 6) is -0.131. The van der Waals surface area contributed by atoms with Crippen molar-refractivity contribution in [2.24, 2.45) is 0 Å². The van der Waals surface area contributed by atoms with E-state index in [1.165, 1.54) is 39.5 Å². The van der Waals surface area contributed by atoms with Gasteiger partial charge in [0.05, 0.1) is 0 Å². The number of nitrogens with one attached hydrogen (secondary N) is 1. The van der Waals surface area contributed by atoms with E-state index in [0.717, 1.165) is 4.34 Å². The van der Waals surface area contributed by atoms with E-state index in [0.29, 0.717) is 5.13 Å². The molecule has 1 N–H and O–H groups in total. The van der Waals surface area contributed by atoms with Gasteiger partial charge in [-0.3, -0.25) is 4.79 Å². The van der Waals surface area contributed by atoms with Crippen LogP contribution in [0.1, 0.15) is 12.5 Å². The van der Waals surface area contributed by atoms with E-state index in [2.05, 4.69) is 46.7 Å². The maximum absolute atomic E-state index is 10.8. The Morgan fingerprint density at radius 3 is 2.61 bits per heavy atom. The second-order valence-electron chi connectivity index (χ2n) is 3.53. The zero-order valence-corrected chi connectivity index (χ0v) is 12.3. The summed E-state index contributed by atoms with van der Waals surface area (Å²) in [7, 11) is 3.16. The molecule has 1 aromatic carbocycles. The van der Waals surface area contributed by atoms with Crippen molar-refractivity contribution in [3.8, 4) is 0 Å². The van der Waals surface area contributed by atoms with E-state index in [1.807, 2.05) is 0 Å². The van der Waals surface area contributed by atoms with Crippen molar-refractivity contribution in [1.29, 1.82) is 0 Å². The summed E-state index contributed by atoms with van der Waals surface area (Å²) in [6.07, 6.45) is 0. The average molecular weight is 297 g/mol. The van der Waals surface area contributed by atoms with Crippen molar-refractivity contribution in [2.75, 3.05) is 5.32 Å². The van der Waals surface area contributed by atoms with Crippen molar-refractivity contribution < 1.29 is 4.79 Å². The number of aryl methyl sites for hydroxylation is 1. The van der Waals surface area contributed by atoms with E-state index in [1.54, 1.807) is 10.8 Å². The number of benzene rings is 1. The highest BCUT2D eigenvalue weighted by Crippen LogP contribution is 2.39. The molecule has 94 valence electrons. The van der Waals surface area contributed by atoms with Crippen molar-refractivity contribution >= 4 is 44.0 Å². The molecule has 0 aliphatic heterocycles. The second kappa shape index (κ2) is 6.21. The third-order valence-electron chi connectivity index (χ3n) is 1.92. The molecule has 0 saturated heterocycles. The summed E-state index contributed by atoms with van der Waals surface area (Å²) in [6, 6.07) is 8.29. The first-order chi connectivity index (χ1) is 8.63. The van der Waals surface area contributed by atoms with E-state index in [9.17, 15) is 4.79 Å². The summed E-state index contributed by atoms with van der Waals surface area (Å²) in [6.45, 7) is 3.52. The van der Waals surface area contributed by atoms with E-state index in [4.69, 9.17) is 0 Å². The van der Waals surface area contributed by atoms with E-state index < -0.39 is 0 Å². The molecule has 4 nitrogen and oxygen atoms in total. The van der Waals surface area contributed by atoms with Crippen LogP contribution < -0.4 is 5.32 Å². The number of hydrogen-bond donors (Lipinski definition) is 1. The number of anilines is 1. The minimum Gasteiger partial charge on any atom is -0.301 e. The Balaban J connectivity index is 1.92. The summed E-state index contributed by atoms with van der Waals surface area (Å²) >= 11 is 1.37. The molecule has 0 unspecified atom stereocenters. The number of amides is 1. The van der Waals surface area contributed by atoms with Crippen LogP contribution in [0.4, 0.5) is 5.13 Å². The fourth-order valence-electron chi connectivity index (χ4n) is 1.12. The molecule has 2 rings (SSSR count). The first-order valence-electron chi connectivity index (χ1n) is 5.16. The summed E-state index contributed by atoms with van der Waals surface area (Å²) in [5.41, 5.74) is 1.24. The zero-order valence-electron chi connectivity index (χ0n) is 9.84. The molecule has 2 aromatic rings. The lowest BCUT2D eigenvalue weighted by Crippen LogP contribution is -2.04. The van der Waals surface area contributed by atoms with Gasteiger partial charge in [-0.2, -0.15) is 0 Å². The number of aromatic nitrogens is 2. The Hall–Kier alpha value is -1.05. The SMILES string of the molecule is CC(=O)Nc1nnc(SSc2ccc(C)cc2)s1. The molecule has 1 heterocycles. The smallest absolute Gasteiger partial charge is 0.223 e. The highest BCUT2D eigenvalue weighted by atomic mass is 33.1. The van der Waals surface area contributed by atoms with Crippen molar-refractivity contribution in [2.45, 2.75) is 23.1 Å². The Morgan fingerprint density at radius 2 is 1.94 bits per heavy atom. The van der Waals surface area contributed by atoms with Crippen LogP contribution in [0.25, 0.3) is 0 Å². The molecule has 0 atom stereocenters. The molecule has 0 aliphatic rings. The van der Waals surface area contributed by atoms with Gasteiger partial charge in [0.15, 0.2) is 4.34 Å². The number of carbonyl (C=O) groups excluding carboxylic acids is 1. The van der Waals surface area contributed by atoms with Gasteiger partial charge in [-0.25, -0.2) is 0 Å². The Morgan fingerprint density at radius 1 is 1.22 bits per heavy atom. The molecular weight excluding hydrogens is 286 g/mol. The van der Waals surface area contributed by atoms with Crippen LogP contribution in [0, 0.1) is 6.92 Å². The average Bonchev–Trinajstić information content (AvgIpc) is 2.75. The van der Waals surface area contributed by atoms with E-state index in [-0.39, 0.29) is 5.91 Å². The molecular formula is C11H11N3OS3. The lowest BCUT2D eigenvalue weighted by atomic mass is 10.2. The predicted octanol–water partition coefficient (Wildman–Crippen LogP) is 3.60. The maximum atomic E-state index is 10.8. The third kappa shape index (κ3) is 4.01. The fourth-order valence-corrected chi connectivity index (χ4v) is 4.06. The molecule has 0 aliphatic carbocycles. The van der Waals surface area contributed by atoms with Crippen LogP contribution in [0.3, 0.4) is 0 Å². The van der Waals surface area contributed by atoms with Crippen molar-refractivity contribution in [3.05, 3.63) is 29.8 Å². The van der Waals surface area contributed by atoms with Gasteiger partial charge < -0.3 is 5.32 Å². The quantitative estimate of drug-likeness (QED) is 0.690. The lowest BCUT2D eigenvalue weighted by Gasteiger charge is -1.98. The van der Waals surface area contributed by atoms with Crippen LogP contribution in [0.2, 0.25) is 0 Å². The van der Waals surface area contributed by atoms with Crippen molar-refractivity contribution in [3.63, 3.8) is 0 Å². The van der Waals surface area contributed by atoms with Gasteiger partial charge >= 0.3 is 0 Å². The van der Waals surface area contributed by atoms with Gasteiger partial charge in [0.2, 0.25) is 11.0 Å². The molecule has 1 aromatic heterocycles. The molecule has 0 saturated carbocycles. The Kier molecular flexibility index (Phi) is 4.62. The first-order valence-corrected chi connectivity index (χ1v) is 8.12. The van der Waals surface area contributed by atoms with Gasteiger partial charge in [0.1, 0.15) is 0 Å². The lowest BCUT2D eigenvalue weighted by molar-refractivity contribution is -0.114. The highest BCUT2D eigenvalue weighted by Gasteiger charge is 2.06. The normalized spacial score (nSPS) is 10.3.